The van der Waals surface area contributed by atoms with E-state index in [-0.39, 0.29) is 5.97 Å². The molecular weight excluding hydrogens is 295 g/mol. The Balaban J connectivity index is 2.18. The van der Waals surface area contributed by atoms with E-state index in [0.29, 0.717) is 13.0 Å². The molecule has 0 aliphatic carbocycles. The molecule has 1 aromatic heterocycles. The molecule has 0 fully saturated rings. The van der Waals surface area contributed by atoms with Crippen molar-refractivity contribution >= 4 is 28.6 Å². The number of nitrogens with zero attached hydrogens (tertiary/aromatic N) is 2. The van der Waals surface area contributed by atoms with Crippen LogP contribution in [0.3, 0.4) is 0 Å². The molecule has 0 atom stereocenters. The fraction of sp³-hybridized carbons (Fsp3) is 0.556. The van der Waals surface area contributed by atoms with Crippen molar-refractivity contribution in [1.29, 1.82) is 0 Å². The molecule has 1 rings (SSSR count). The fourth-order valence-corrected chi connectivity index (χ4v) is 1.53. The highest BCUT2D eigenvalue weighted by atomic mass is 127. The average molecular weight is 308 g/mol. The lowest BCUT2D eigenvalue weighted by molar-refractivity contribution is -0.143. The molecule has 0 aliphatic rings. The molecule has 4 nitrogen and oxygen atoms in total. The second kappa shape index (κ2) is 6.00. The van der Waals surface area contributed by atoms with E-state index in [1.165, 1.54) is 0 Å². The van der Waals surface area contributed by atoms with E-state index in [1.54, 1.807) is 6.20 Å². The monoisotopic (exact) mass is 308 g/mol. The molecule has 0 radical (unpaired) electrons. The molecule has 0 bridgehead atoms. The number of esters is 1. The van der Waals surface area contributed by atoms with Crippen LogP contribution in [0.5, 0.6) is 0 Å². The van der Waals surface area contributed by atoms with Crippen molar-refractivity contribution in [3.63, 3.8) is 0 Å². The standard InChI is InChI=1S/C9H13IN2O2/c1-2-14-9(13)4-3-5-12-7-8(10)6-11-12/h6-7H,2-5H2,1H3. The smallest absolute Gasteiger partial charge is 0.305 e. The summed E-state index contributed by atoms with van der Waals surface area (Å²) in [5.74, 6) is -0.130. The molecule has 0 N–H and O–H groups in total. The number of carbonyl (C=O) groups excluding carboxylic acids is 1. The highest BCUT2D eigenvalue weighted by Crippen LogP contribution is 2.03. The molecular formula is C9H13IN2O2. The van der Waals surface area contributed by atoms with Crippen LogP contribution in [0.1, 0.15) is 19.8 Å². The quantitative estimate of drug-likeness (QED) is 0.616. The van der Waals surface area contributed by atoms with Crippen LogP contribution in [0.4, 0.5) is 0 Å². The summed E-state index contributed by atoms with van der Waals surface area (Å²) in [5, 5.41) is 4.12. The SMILES string of the molecule is CCOC(=O)CCCn1cc(I)cn1. The third-order valence-electron chi connectivity index (χ3n) is 1.68. The zero-order chi connectivity index (χ0) is 10.4. The molecule has 78 valence electrons. The number of aryl methyl sites for hydroxylation is 1. The first kappa shape index (κ1) is 11.5. The third kappa shape index (κ3) is 4.08. The van der Waals surface area contributed by atoms with Crippen LogP contribution < -0.4 is 0 Å². The van der Waals surface area contributed by atoms with Gasteiger partial charge in [-0.3, -0.25) is 9.48 Å². The summed E-state index contributed by atoms with van der Waals surface area (Å²) in [7, 11) is 0. The zero-order valence-electron chi connectivity index (χ0n) is 8.07. The summed E-state index contributed by atoms with van der Waals surface area (Å²) >= 11 is 2.20. The molecule has 1 heterocycles. The van der Waals surface area contributed by atoms with Crippen LogP contribution in [0.15, 0.2) is 12.4 Å². The molecule has 14 heavy (non-hydrogen) atoms. The van der Waals surface area contributed by atoms with Crippen LogP contribution in [-0.4, -0.2) is 22.4 Å². The Morgan fingerprint density at radius 1 is 1.71 bits per heavy atom. The van der Waals surface area contributed by atoms with Crippen molar-refractivity contribution in [1.82, 2.24) is 9.78 Å². The largest absolute Gasteiger partial charge is 0.466 e. The summed E-state index contributed by atoms with van der Waals surface area (Å²) < 4.78 is 7.76. The molecule has 1 aromatic rings. The predicted molar refractivity (Wildman–Crippen MR) is 60.8 cm³/mol. The molecule has 0 aliphatic heterocycles. The number of hydrogen-bond donors (Lipinski definition) is 0. The van der Waals surface area contributed by atoms with Crippen LogP contribution in [0.2, 0.25) is 0 Å². The highest BCUT2D eigenvalue weighted by molar-refractivity contribution is 14.1. The number of rotatable bonds is 5. The van der Waals surface area contributed by atoms with Gasteiger partial charge < -0.3 is 4.74 Å². The maximum Gasteiger partial charge on any atom is 0.305 e. The van der Waals surface area contributed by atoms with Crippen molar-refractivity contribution in [3.05, 3.63) is 16.0 Å². The fourth-order valence-electron chi connectivity index (χ4n) is 1.08. The molecule has 0 aromatic carbocycles. The van der Waals surface area contributed by atoms with E-state index in [4.69, 9.17) is 4.74 Å². The highest BCUT2D eigenvalue weighted by Gasteiger charge is 2.01. The Hall–Kier alpha value is -0.590. The van der Waals surface area contributed by atoms with Crippen molar-refractivity contribution in [2.75, 3.05) is 6.61 Å². The van der Waals surface area contributed by atoms with Crippen molar-refractivity contribution in [2.24, 2.45) is 0 Å². The molecule has 0 unspecified atom stereocenters. The van der Waals surface area contributed by atoms with E-state index < -0.39 is 0 Å². The minimum Gasteiger partial charge on any atom is -0.466 e. The lowest BCUT2D eigenvalue weighted by Gasteiger charge is -2.01. The average Bonchev–Trinajstić information content (AvgIpc) is 2.52. The van der Waals surface area contributed by atoms with Gasteiger partial charge in [0.2, 0.25) is 0 Å². The molecule has 0 spiro atoms. The van der Waals surface area contributed by atoms with Gasteiger partial charge in [0.25, 0.3) is 0 Å². The van der Waals surface area contributed by atoms with Gasteiger partial charge in [-0.25, -0.2) is 0 Å². The van der Waals surface area contributed by atoms with E-state index in [1.807, 2.05) is 17.8 Å². The first-order valence-corrected chi connectivity index (χ1v) is 5.64. The minimum atomic E-state index is -0.130. The number of carbonyl (C=O) groups is 1. The van der Waals surface area contributed by atoms with Gasteiger partial charge in [-0.15, -0.1) is 0 Å². The maximum absolute atomic E-state index is 11.0. The minimum absolute atomic E-state index is 0.130. The van der Waals surface area contributed by atoms with E-state index in [9.17, 15) is 4.79 Å². The summed E-state index contributed by atoms with van der Waals surface area (Å²) in [6.45, 7) is 3.04. The van der Waals surface area contributed by atoms with Gasteiger partial charge in [-0.05, 0) is 35.9 Å². The van der Waals surface area contributed by atoms with Crippen LogP contribution in [0, 0.1) is 3.57 Å². The molecule has 0 amide bonds. The topological polar surface area (TPSA) is 44.1 Å². The number of ether oxygens (including phenoxy) is 1. The third-order valence-corrected chi connectivity index (χ3v) is 2.23. The first-order valence-electron chi connectivity index (χ1n) is 4.56. The summed E-state index contributed by atoms with van der Waals surface area (Å²) in [5.41, 5.74) is 0. The van der Waals surface area contributed by atoms with Gasteiger partial charge in [0.05, 0.1) is 16.4 Å². The number of aromatic nitrogens is 2. The second-order valence-corrected chi connectivity index (χ2v) is 4.08. The van der Waals surface area contributed by atoms with Crippen LogP contribution in [0.25, 0.3) is 0 Å². The van der Waals surface area contributed by atoms with Gasteiger partial charge in [0.15, 0.2) is 0 Å². The lowest BCUT2D eigenvalue weighted by atomic mass is 10.3. The van der Waals surface area contributed by atoms with Gasteiger partial charge in [-0.2, -0.15) is 5.10 Å². The van der Waals surface area contributed by atoms with Gasteiger partial charge >= 0.3 is 5.97 Å². The zero-order valence-corrected chi connectivity index (χ0v) is 10.2. The lowest BCUT2D eigenvalue weighted by Crippen LogP contribution is -2.06. The Morgan fingerprint density at radius 2 is 2.50 bits per heavy atom. The Labute approximate surface area is 96.8 Å². The van der Waals surface area contributed by atoms with Crippen LogP contribution >= 0.6 is 22.6 Å². The number of hydrogen-bond acceptors (Lipinski definition) is 3. The van der Waals surface area contributed by atoms with Crippen molar-refractivity contribution in [2.45, 2.75) is 26.3 Å². The summed E-state index contributed by atoms with van der Waals surface area (Å²) in [6.07, 6.45) is 4.98. The first-order chi connectivity index (χ1) is 6.72. The van der Waals surface area contributed by atoms with Crippen LogP contribution in [-0.2, 0) is 16.1 Å². The van der Waals surface area contributed by atoms with E-state index in [2.05, 4.69) is 27.7 Å². The Morgan fingerprint density at radius 3 is 3.07 bits per heavy atom. The van der Waals surface area contributed by atoms with Gasteiger partial charge in [0, 0.05) is 19.2 Å². The van der Waals surface area contributed by atoms with Gasteiger partial charge in [0.1, 0.15) is 0 Å². The summed E-state index contributed by atoms with van der Waals surface area (Å²) in [6, 6.07) is 0. The Kier molecular flexibility index (Phi) is 4.92. The van der Waals surface area contributed by atoms with E-state index >= 15 is 0 Å². The second-order valence-electron chi connectivity index (χ2n) is 2.83. The molecule has 0 saturated heterocycles. The molecule has 5 heteroatoms. The summed E-state index contributed by atoms with van der Waals surface area (Å²) in [4.78, 5) is 11.0. The normalized spacial score (nSPS) is 10.1. The predicted octanol–water partition coefficient (Wildman–Crippen LogP) is 1.83. The number of halogens is 1. The molecule has 0 saturated carbocycles. The van der Waals surface area contributed by atoms with Crippen molar-refractivity contribution in [3.8, 4) is 0 Å². The van der Waals surface area contributed by atoms with Crippen molar-refractivity contribution < 1.29 is 9.53 Å². The van der Waals surface area contributed by atoms with E-state index in [0.717, 1.165) is 16.5 Å². The Bertz CT molecular complexity index is 299. The van der Waals surface area contributed by atoms with Gasteiger partial charge in [-0.1, -0.05) is 0 Å². The maximum atomic E-state index is 11.0.